The maximum Gasteiger partial charge on any atom is 0.346 e. The lowest BCUT2D eigenvalue weighted by atomic mass is 10.2. The van der Waals surface area contributed by atoms with E-state index in [0.29, 0.717) is 18.7 Å². The summed E-state index contributed by atoms with van der Waals surface area (Å²) in [7, 11) is 0. The summed E-state index contributed by atoms with van der Waals surface area (Å²) in [6.45, 7) is 0.710. The molecule has 0 unspecified atom stereocenters. The van der Waals surface area contributed by atoms with Crippen LogP contribution in [0.25, 0.3) is 10.7 Å². The molecule has 0 bridgehead atoms. The molecule has 1 fully saturated rings. The Labute approximate surface area is 168 Å². The molecule has 4 rings (SSSR count). The molecular formula is C18H17IN4O2S. The second kappa shape index (κ2) is 7.36. The smallest absolute Gasteiger partial charge is 0.346 e. The van der Waals surface area contributed by atoms with Crippen LogP contribution in [0, 0.1) is 3.57 Å². The van der Waals surface area contributed by atoms with Crippen LogP contribution in [-0.2, 0) is 6.54 Å². The van der Waals surface area contributed by atoms with Gasteiger partial charge in [0.1, 0.15) is 0 Å². The fourth-order valence-electron chi connectivity index (χ4n) is 2.82. The van der Waals surface area contributed by atoms with Crippen molar-refractivity contribution in [3.05, 3.63) is 61.4 Å². The van der Waals surface area contributed by atoms with Gasteiger partial charge >= 0.3 is 5.69 Å². The maximum atomic E-state index is 12.7. The second-order valence-electron chi connectivity index (χ2n) is 6.14. The summed E-state index contributed by atoms with van der Waals surface area (Å²) in [5.41, 5.74) is 0.544. The van der Waals surface area contributed by atoms with E-state index in [9.17, 15) is 9.59 Å². The Morgan fingerprint density at radius 2 is 2.08 bits per heavy atom. The summed E-state index contributed by atoms with van der Waals surface area (Å²) >= 11 is 3.72. The van der Waals surface area contributed by atoms with E-state index in [1.807, 2.05) is 35.7 Å². The van der Waals surface area contributed by atoms with Crippen LogP contribution in [0.2, 0.25) is 0 Å². The Morgan fingerprint density at radius 3 is 2.77 bits per heavy atom. The lowest BCUT2D eigenvalue weighted by molar-refractivity contribution is 0.0951. The summed E-state index contributed by atoms with van der Waals surface area (Å²) in [5.74, 6) is 0.597. The number of carbonyl (C=O) groups is 1. The van der Waals surface area contributed by atoms with E-state index >= 15 is 0 Å². The minimum atomic E-state index is -0.136. The highest BCUT2D eigenvalue weighted by atomic mass is 127. The first kappa shape index (κ1) is 17.5. The normalized spacial score (nSPS) is 13.7. The lowest BCUT2D eigenvalue weighted by Crippen LogP contribution is -2.32. The Hall–Kier alpha value is -1.94. The molecule has 6 nitrogen and oxygen atoms in total. The molecule has 1 aliphatic carbocycles. The number of hydrogen-bond donors (Lipinski definition) is 1. The van der Waals surface area contributed by atoms with Crippen molar-refractivity contribution in [3.63, 3.8) is 0 Å². The number of amides is 1. The van der Waals surface area contributed by atoms with Gasteiger partial charge in [0.05, 0.1) is 17.0 Å². The van der Waals surface area contributed by atoms with Gasteiger partial charge in [-0.1, -0.05) is 18.2 Å². The SMILES string of the molecule is O=C(NCCn1nc(-c2cccs2)n(C2CC2)c1=O)c1ccccc1I. The van der Waals surface area contributed by atoms with Gasteiger partial charge in [0.2, 0.25) is 0 Å². The molecule has 1 aromatic carbocycles. The van der Waals surface area contributed by atoms with Crippen LogP contribution in [-0.4, -0.2) is 26.8 Å². The number of benzene rings is 1. The molecule has 1 amide bonds. The van der Waals surface area contributed by atoms with Crippen LogP contribution in [0.15, 0.2) is 46.6 Å². The molecule has 2 aromatic heterocycles. The first-order chi connectivity index (χ1) is 12.6. The third kappa shape index (κ3) is 3.48. The lowest BCUT2D eigenvalue weighted by Gasteiger charge is -2.06. The number of nitrogens with one attached hydrogen (secondary N) is 1. The zero-order chi connectivity index (χ0) is 18.1. The average Bonchev–Trinajstić information content (AvgIpc) is 3.21. The number of thiophene rings is 1. The summed E-state index contributed by atoms with van der Waals surface area (Å²) in [6.07, 6.45) is 2.04. The summed E-state index contributed by atoms with van der Waals surface area (Å²) in [5, 5.41) is 9.38. The standard InChI is InChI=1S/C18H17IN4O2S/c19-14-5-2-1-4-13(14)17(24)20-9-10-22-18(25)23(12-7-8-12)16(21-22)15-6-3-11-26-15/h1-6,11-12H,7-10H2,(H,20,24). The van der Waals surface area contributed by atoms with Crippen molar-refractivity contribution in [1.29, 1.82) is 0 Å². The quantitative estimate of drug-likeness (QED) is 0.552. The van der Waals surface area contributed by atoms with Crippen LogP contribution in [0.1, 0.15) is 29.2 Å². The molecular weight excluding hydrogens is 463 g/mol. The molecule has 0 aliphatic heterocycles. The van der Waals surface area contributed by atoms with Crippen LogP contribution in [0.4, 0.5) is 0 Å². The third-order valence-electron chi connectivity index (χ3n) is 4.25. The molecule has 1 N–H and O–H groups in total. The Bertz CT molecular complexity index is 989. The largest absolute Gasteiger partial charge is 0.350 e. The van der Waals surface area contributed by atoms with Gasteiger partial charge in [-0.05, 0) is 59.0 Å². The summed E-state index contributed by atoms with van der Waals surface area (Å²) < 4.78 is 4.16. The van der Waals surface area contributed by atoms with Gasteiger partial charge in [-0.25, -0.2) is 9.48 Å². The first-order valence-corrected chi connectivity index (χ1v) is 10.4. The maximum absolute atomic E-state index is 12.7. The van der Waals surface area contributed by atoms with Crippen LogP contribution in [0.3, 0.4) is 0 Å². The van der Waals surface area contributed by atoms with E-state index in [4.69, 9.17) is 0 Å². The van der Waals surface area contributed by atoms with E-state index in [0.717, 1.165) is 27.1 Å². The average molecular weight is 480 g/mol. The van der Waals surface area contributed by atoms with Gasteiger partial charge in [0.25, 0.3) is 5.91 Å². The van der Waals surface area contributed by atoms with Crippen LogP contribution >= 0.6 is 33.9 Å². The molecule has 134 valence electrons. The fourth-order valence-corrected chi connectivity index (χ4v) is 4.16. The third-order valence-corrected chi connectivity index (χ3v) is 6.06. The van der Waals surface area contributed by atoms with Gasteiger partial charge in [0.15, 0.2) is 5.82 Å². The zero-order valence-corrected chi connectivity index (χ0v) is 16.9. The predicted octanol–water partition coefficient (Wildman–Crippen LogP) is 3.14. The van der Waals surface area contributed by atoms with Crippen molar-refractivity contribution in [2.75, 3.05) is 6.54 Å². The minimum Gasteiger partial charge on any atom is -0.350 e. The molecule has 0 atom stereocenters. The van der Waals surface area contributed by atoms with E-state index in [1.165, 1.54) is 4.68 Å². The van der Waals surface area contributed by atoms with Crippen molar-refractivity contribution < 1.29 is 4.79 Å². The van der Waals surface area contributed by atoms with Crippen molar-refractivity contribution in [2.45, 2.75) is 25.4 Å². The highest BCUT2D eigenvalue weighted by Crippen LogP contribution is 2.37. The number of hydrogen-bond acceptors (Lipinski definition) is 4. The zero-order valence-electron chi connectivity index (χ0n) is 13.9. The predicted molar refractivity (Wildman–Crippen MR) is 110 cm³/mol. The molecule has 0 spiro atoms. The van der Waals surface area contributed by atoms with Gasteiger partial charge in [-0.2, -0.15) is 0 Å². The summed E-state index contributed by atoms with van der Waals surface area (Å²) in [6, 6.07) is 11.6. The van der Waals surface area contributed by atoms with E-state index in [1.54, 1.807) is 22.0 Å². The Kier molecular flexibility index (Phi) is 4.94. The number of rotatable bonds is 6. The van der Waals surface area contributed by atoms with E-state index in [-0.39, 0.29) is 17.6 Å². The van der Waals surface area contributed by atoms with Crippen molar-refractivity contribution in [3.8, 4) is 10.7 Å². The highest BCUT2D eigenvalue weighted by Gasteiger charge is 2.30. The van der Waals surface area contributed by atoms with Crippen LogP contribution < -0.4 is 11.0 Å². The second-order valence-corrected chi connectivity index (χ2v) is 8.25. The summed E-state index contributed by atoms with van der Waals surface area (Å²) in [4.78, 5) is 26.0. The number of carbonyl (C=O) groups excluding carboxylic acids is 1. The molecule has 8 heteroatoms. The van der Waals surface area contributed by atoms with E-state index in [2.05, 4.69) is 33.0 Å². The molecule has 26 heavy (non-hydrogen) atoms. The van der Waals surface area contributed by atoms with Crippen molar-refractivity contribution in [1.82, 2.24) is 19.7 Å². The number of aromatic nitrogens is 3. The molecule has 1 saturated carbocycles. The highest BCUT2D eigenvalue weighted by molar-refractivity contribution is 14.1. The van der Waals surface area contributed by atoms with Gasteiger partial charge in [-0.15, -0.1) is 16.4 Å². The Balaban J connectivity index is 1.49. The number of halogens is 1. The van der Waals surface area contributed by atoms with Crippen molar-refractivity contribution in [2.24, 2.45) is 0 Å². The molecule has 2 heterocycles. The Morgan fingerprint density at radius 1 is 1.27 bits per heavy atom. The molecule has 0 radical (unpaired) electrons. The fraction of sp³-hybridized carbons (Fsp3) is 0.278. The molecule has 3 aromatic rings. The molecule has 1 aliphatic rings. The van der Waals surface area contributed by atoms with Gasteiger partial charge < -0.3 is 5.32 Å². The van der Waals surface area contributed by atoms with E-state index < -0.39 is 0 Å². The monoisotopic (exact) mass is 480 g/mol. The van der Waals surface area contributed by atoms with Gasteiger partial charge in [-0.3, -0.25) is 9.36 Å². The van der Waals surface area contributed by atoms with Crippen molar-refractivity contribution >= 4 is 39.8 Å². The van der Waals surface area contributed by atoms with Gasteiger partial charge in [0, 0.05) is 16.2 Å². The topological polar surface area (TPSA) is 68.9 Å². The first-order valence-electron chi connectivity index (χ1n) is 8.41. The number of nitrogens with zero attached hydrogens (tertiary/aromatic N) is 3. The molecule has 0 saturated heterocycles. The minimum absolute atomic E-state index is 0.0977. The van der Waals surface area contributed by atoms with Crippen LogP contribution in [0.5, 0.6) is 0 Å².